The molecule has 6 aliphatic rings. The fraction of sp³-hybridized carbons (Fsp3) is 0.912. The van der Waals surface area contributed by atoms with E-state index in [1.54, 1.807) is 0 Å². The number of guanidine groups is 3. The standard InChI is InChI=1S/C12H24N3.2C11H22N3/c1-12(2,3)15-10-6-9-14-8-5-7-13(4)11(14)15;1-11(2,3)14-7-5-6-13-9-8-12(4)10(13)14;1-11(2,3)14-9-8-13-7-5-6-12(4)10(13)14/h5-10H2,1-4H3;2*5-9H2,1-4H3/q3*+1. The first kappa shape index (κ1) is 33.7. The third-order valence-electron chi connectivity index (χ3n) is 9.79. The Balaban J connectivity index is 0.000000148. The number of hydrogen-bond acceptors (Lipinski definition) is 6. The van der Waals surface area contributed by atoms with Gasteiger partial charge >= 0.3 is 17.9 Å². The Morgan fingerprint density at radius 2 is 0.698 bits per heavy atom. The van der Waals surface area contributed by atoms with E-state index >= 15 is 0 Å². The van der Waals surface area contributed by atoms with Crippen LogP contribution in [0.3, 0.4) is 0 Å². The Morgan fingerprint density at radius 1 is 0.372 bits per heavy atom. The Labute approximate surface area is 265 Å². The molecule has 9 nitrogen and oxygen atoms in total. The van der Waals surface area contributed by atoms with Gasteiger partial charge in [0.15, 0.2) is 0 Å². The third kappa shape index (κ3) is 7.73. The molecular formula is C34H68N9+3. The number of fused-ring (bicyclic) bond motifs is 3. The Hall–Kier alpha value is -2.19. The lowest BCUT2D eigenvalue weighted by Crippen LogP contribution is -2.61. The van der Waals surface area contributed by atoms with Crippen molar-refractivity contribution in [3.63, 3.8) is 0 Å². The van der Waals surface area contributed by atoms with Crippen LogP contribution in [0.2, 0.25) is 0 Å². The van der Waals surface area contributed by atoms with Crippen molar-refractivity contribution in [1.29, 1.82) is 0 Å². The molecule has 0 radical (unpaired) electrons. The summed E-state index contributed by atoms with van der Waals surface area (Å²) in [5.41, 5.74) is 0.766. The minimum absolute atomic E-state index is 0.250. The molecule has 0 aromatic heterocycles. The highest BCUT2D eigenvalue weighted by Gasteiger charge is 2.44. The summed E-state index contributed by atoms with van der Waals surface area (Å²) in [6, 6.07) is 0. The molecule has 0 atom stereocenters. The van der Waals surface area contributed by atoms with Crippen LogP contribution >= 0.6 is 0 Å². The molecule has 0 saturated carbocycles. The van der Waals surface area contributed by atoms with Gasteiger partial charge in [0.1, 0.15) is 0 Å². The average molecular weight is 603 g/mol. The van der Waals surface area contributed by atoms with Crippen LogP contribution in [0.25, 0.3) is 0 Å². The maximum atomic E-state index is 2.57. The van der Waals surface area contributed by atoms with Gasteiger partial charge in [0.2, 0.25) is 0 Å². The molecule has 246 valence electrons. The molecule has 3 fully saturated rings. The van der Waals surface area contributed by atoms with Crippen LogP contribution in [0.4, 0.5) is 0 Å². The molecule has 6 aliphatic heterocycles. The summed E-state index contributed by atoms with van der Waals surface area (Å²) in [6.07, 6.45) is 5.21. The molecule has 0 amide bonds. The van der Waals surface area contributed by atoms with Crippen molar-refractivity contribution in [2.75, 3.05) is 99.7 Å². The molecule has 0 aliphatic carbocycles. The molecule has 0 aromatic carbocycles. The van der Waals surface area contributed by atoms with Gasteiger partial charge in [0, 0.05) is 25.7 Å². The van der Waals surface area contributed by atoms with Gasteiger partial charge in [-0.25, -0.2) is 0 Å². The summed E-state index contributed by atoms with van der Waals surface area (Å²) in [6.45, 7) is 35.3. The lowest BCUT2D eigenvalue weighted by atomic mass is 10.0. The highest BCUT2D eigenvalue weighted by Crippen LogP contribution is 2.24. The second kappa shape index (κ2) is 13.0. The van der Waals surface area contributed by atoms with Gasteiger partial charge in [-0.1, -0.05) is 0 Å². The van der Waals surface area contributed by atoms with Gasteiger partial charge < -0.3 is 0 Å². The first-order valence-corrected chi connectivity index (χ1v) is 17.3. The number of likely N-dealkylation sites (N-methyl/N-ethyl adjacent to an activating group) is 1. The molecule has 6 rings (SSSR count). The molecule has 0 aromatic rings. The van der Waals surface area contributed by atoms with E-state index in [2.05, 4.69) is 127 Å². The second-order valence-corrected chi connectivity index (χ2v) is 16.5. The zero-order chi connectivity index (χ0) is 31.7. The topological polar surface area (TPSA) is 28.5 Å². The van der Waals surface area contributed by atoms with Crippen molar-refractivity contribution in [2.45, 2.75) is 105 Å². The van der Waals surface area contributed by atoms with Gasteiger partial charge in [-0.15, -0.1) is 0 Å². The van der Waals surface area contributed by atoms with Crippen molar-refractivity contribution in [3.05, 3.63) is 0 Å². The molecule has 3 saturated heterocycles. The van der Waals surface area contributed by atoms with Crippen LogP contribution in [-0.2, 0) is 0 Å². The van der Waals surface area contributed by atoms with Crippen LogP contribution < -0.4 is 0 Å². The lowest BCUT2D eigenvalue weighted by Gasteiger charge is -2.42. The molecule has 0 bridgehead atoms. The zero-order valence-electron chi connectivity index (χ0n) is 30.3. The number of hydrogen-bond donors (Lipinski definition) is 0. The van der Waals surface area contributed by atoms with E-state index in [0.29, 0.717) is 0 Å². The van der Waals surface area contributed by atoms with Crippen molar-refractivity contribution < 1.29 is 13.7 Å². The van der Waals surface area contributed by atoms with Crippen molar-refractivity contribution in [3.8, 4) is 0 Å². The number of rotatable bonds is 0. The van der Waals surface area contributed by atoms with Crippen molar-refractivity contribution >= 4 is 17.9 Å². The lowest BCUT2D eigenvalue weighted by molar-refractivity contribution is -0.516. The van der Waals surface area contributed by atoms with Gasteiger partial charge in [0.25, 0.3) is 0 Å². The van der Waals surface area contributed by atoms with E-state index in [1.807, 2.05) is 0 Å². The summed E-state index contributed by atoms with van der Waals surface area (Å²) in [4.78, 5) is 15.2. The van der Waals surface area contributed by atoms with Crippen LogP contribution in [0.15, 0.2) is 0 Å². The first-order valence-electron chi connectivity index (χ1n) is 17.3. The van der Waals surface area contributed by atoms with E-state index in [1.165, 1.54) is 122 Å². The molecule has 0 spiro atoms. The third-order valence-corrected chi connectivity index (χ3v) is 9.79. The largest absolute Gasteiger partial charge is 0.350 e. The summed E-state index contributed by atoms with van der Waals surface area (Å²) in [7, 11) is 6.65. The van der Waals surface area contributed by atoms with Crippen LogP contribution in [0, 0.1) is 0 Å². The van der Waals surface area contributed by atoms with E-state index in [0.717, 1.165) is 0 Å². The number of nitrogens with zero attached hydrogens (tertiary/aromatic N) is 9. The highest BCUT2D eigenvalue weighted by atomic mass is 15.5. The quantitative estimate of drug-likeness (QED) is 0.396. The minimum atomic E-state index is 0.250. The normalized spacial score (nSPS) is 23.2. The van der Waals surface area contributed by atoms with Crippen LogP contribution in [-0.4, -0.2) is 177 Å². The predicted octanol–water partition coefficient (Wildman–Crippen LogP) is 2.80. The fourth-order valence-corrected chi connectivity index (χ4v) is 7.62. The average Bonchev–Trinajstić information content (AvgIpc) is 3.53. The molecule has 0 unspecified atom stereocenters. The summed E-state index contributed by atoms with van der Waals surface area (Å²) in [5, 5.41) is 0. The summed E-state index contributed by atoms with van der Waals surface area (Å²) < 4.78 is 7.22. The van der Waals surface area contributed by atoms with Gasteiger partial charge in [0.05, 0.1) is 116 Å². The molecule has 43 heavy (non-hydrogen) atoms. The molecular weight excluding hydrogens is 534 g/mol. The van der Waals surface area contributed by atoms with Crippen LogP contribution in [0.1, 0.15) is 88.0 Å². The monoisotopic (exact) mass is 603 g/mol. The zero-order valence-corrected chi connectivity index (χ0v) is 30.3. The smallest absolute Gasteiger partial charge is 0.267 e. The van der Waals surface area contributed by atoms with E-state index in [-0.39, 0.29) is 16.6 Å². The Morgan fingerprint density at radius 3 is 1.12 bits per heavy atom. The molecule has 6 heterocycles. The van der Waals surface area contributed by atoms with E-state index in [4.69, 9.17) is 0 Å². The maximum Gasteiger partial charge on any atom is 0.350 e. The van der Waals surface area contributed by atoms with E-state index < -0.39 is 0 Å². The maximum absolute atomic E-state index is 2.57. The second-order valence-electron chi connectivity index (χ2n) is 16.5. The van der Waals surface area contributed by atoms with Crippen molar-refractivity contribution in [1.82, 2.24) is 29.4 Å². The van der Waals surface area contributed by atoms with E-state index in [9.17, 15) is 0 Å². The first-order chi connectivity index (χ1) is 20.0. The predicted molar refractivity (Wildman–Crippen MR) is 181 cm³/mol. The fourth-order valence-electron chi connectivity index (χ4n) is 7.62. The van der Waals surface area contributed by atoms with Gasteiger partial charge in [-0.3, -0.25) is 43.1 Å². The summed E-state index contributed by atoms with van der Waals surface area (Å²) >= 11 is 0. The summed E-state index contributed by atoms with van der Waals surface area (Å²) in [5.74, 6) is 4.35. The van der Waals surface area contributed by atoms with Gasteiger partial charge in [-0.05, 0) is 62.3 Å². The molecule has 0 N–H and O–H groups in total. The van der Waals surface area contributed by atoms with Crippen molar-refractivity contribution in [2.24, 2.45) is 0 Å². The Kier molecular flexibility index (Phi) is 10.2. The van der Waals surface area contributed by atoms with Gasteiger partial charge in [-0.2, -0.15) is 0 Å². The Bertz CT molecular complexity index is 1070. The minimum Gasteiger partial charge on any atom is -0.267 e. The molecule has 9 heteroatoms. The highest BCUT2D eigenvalue weighted by molar-refractivity contribution is 5.79. The SMILES string of the molecule is C[N+]1=C2N(CCC1)CCN2C(C)(C)C.C[N+]1=C2N(CCCN2C(C)(C)C)CC1.C[N+]1=C2N(CCCN2C(C)(C)C)CCC1. The van der Waals surface area contributed by atoms with Crippen LogP contribution in [0.5, 0.6) is 0 Å².